The van der Waals surface area contributed by atoms with Gasteiger partial charge in [-0.3, -0.25) is 14.5 Å². The molecular weight excluding hydrogens is 536 g/mol. The van der Waals surface area contributed by atoms with E-state index in [0.717, 1.165) is 53.6 Å². The minimum Gasteiger partial charge on any atom is -0.448 e. The Hall–Kier alpha value is -3.64. The average Bonchev–Trinajstić information content (AvgIpc) is 3.34. The predicted octanol–water partition coefficient (Wildman–Crippen LogP) is 2.98. The van der Waals surface area contributed by atoms with Gasteiger partial charge in [0.15, 0.2) is 11.9 Å². The fourth-order valence-electron chi connectivity index (χ4n) is 6.44. The van der Waals surface area contributed by atoms with E-state index in [4.69, 9.17) is 25.2 Å². The number of hydrogen-bond donors (Lipinski definition) is 2. The van der Waals surface area contributed by atoms with Crippen LogP contribution in [0, 0.1) is 0 Å². The number of aliphatic hydroxyl groups is 1. The molecule has 0 spiro atoms. The predicted molar refractivity (Wildman–Crippen MR) is 161 cm³/mol. The Morgan fingerprint density at radius 2 is 2.12 bits per heavy atom. The number of nitrogens with two attached hydrogens (primary N) is 1. The van der Waals surface area contributed by atoms with E-state index >= 15 is 0 Å². The van der Waals surface area contributed by atoms with Gasteiger partial charge in [-0.05, 0) is 38.1 Å². The van der Waals surface area contributed by atoms with Crippen molar-refractivity contribution in [3.05, 3.63) is 51.3 Å². The number of carbonyl (C=O) groups is 1. The Balaban J connectivity index is 1.49. The van der Waals surface area contributed by atoms with Crippen LogP contribution in [0.5, 0.6) is 0 Å². The number of benzene rings is 1. The molecule has 3 aromatic rings. The third kappa shape index (κ3) is 4.51. The van der Waals surface area contributed by atoms with Gasteiger partial charge in [-0.1, -0.05) is 32.8 Å². The molecule has 2 atom stereocenters. The number of aliphatic hydroxyl groups excluding tert-OH is 1. The average molecular weight is 575 g/mol. The number of unbranched alkanes of at least 4 members (excludes halogenated alkanes) is 2. The highest BCUT2D eigenvalue weighted by atomic mass is 16.7. The summed E-state index contributed by atoms with van der Waals surface area (Å²) in [5.41, 5.74) is 9.71. The Labute approximate surface area is 244 Å². The standard InChI is InChI=1S/C31H38N6O5/c1-4-6-7-12-36-18-33-22-9-8-10-23-26(22)28(36)19-15-37-24(27(19)34-23)14-21-20(29(37)39)17-41-30(40)31(21,5-2)42-25(38)16-35(3)13-11-32/h8-10,14,18,30,40H,4-7,11-13,15-17,32H2,1-3H3/t30?,31-/m0/s1. The van der Waals surface area contributed by atoms with Gasteiger partial charge >= 0.3 is 5.97 Å². The lowest BCUT2D eigenvalue weighted by atomic mass is 9.84. The van der Waals surface area contributed by atoms with Crippen molar-refractivity contribution in [1.29, 1.82) is 0 Å². The van der Waals surface area contributed by atoms with Crippen LogP contribution in [0.4, 0.5) is 11.4 Å². The second kappa shape index (κ2) is 11.2. The molecule has 6 rings (SSSR count). The van der Waals surface area contributed by atoms with Crippen LogP contribution in [0.25, 0.3) is 22.3 Å². The number of anilines is 1. The summed E-state index contributed by atoms with van der Waals surface area (Å²) in [7, 11) is 1.77. The zero-order valence-corrected chi connectivity index (χ0v) is 24.4. The van der Waals surface area contributed by atoms with Crippen molar-refractivity contribution < 1.29 is 19.4 Å². The van der Waals surface area contributed by atoms with Gasteiger partial charge in [0, 0.05) is 30.8 Å². The molecule has 3 aliphatic rings. The van der Waals surface area contributed by atoms with Crippen LogP contribution in [0.1, 0.15) is 56.2 Å². The molecule has 1 aromatic carbocycles. The number of esters is 1. The molecule has 42 heavy (non-hydrogen) atoms. The van der Waals surface area contributed by atoms with E-state index in [1.54, 1.807) is 16.5 Å². The normalized spacial score (nSPS) is 20.1. The number of hydrogen-bond acceptors (Lipinski definition) is 10. The first-order valence-electron chi connectivity index (χ1n) is 14.8. The minimum atomic E-state index is -1.54. The lowest BCUT2D eigenvalue weighted by molar-refractivity contribution is -0.250. The molecule has 0 amide bonds. The highest BCUT2D eigenvalue weighted by molar-refractivity contribution is 6.11. The van der Waals surface area contributed by atoms with Crippen LogP contribution >= 0.6 is 0 Å². The Bertz CT molecular complexity index is 1630. The molecular formula is C31H38N6O5. The summed E-state index contributed by atoms with van der Waals surface area (Å²) in [6, 6.07) is 7.76. The van der Waals surface area contributed by atoms with E-state index in [2.05, 4.69) is 11.8 Å². The van der Waals surface area contributed by atoms with E-state index in [-0.39, 0.29) is 25.1 Å². The summed E-state index contributed by atoms with van der Waals surface area (Å²) in [4.78, 5) is 40.8. The van der Waals surface area contributed by atoms with Crippen LogP contribution in [0.2, 0.25) is 0 Å². The molecule has 0 aliphatic carbocycles. The Morgan fingerprint density at radius 3 is 2.88 bits per heavy atom. The van der Waals surface area contributed by atoms with Crippen molar-refractivity contribution in [2.75, 3.05) is 38.1 Å². The van der Waals surface area contributed by atoms with Crippen LogP contribution in [-0.4, -0.2) is 71.4 Å². The first-order chi connectivity index (χ1) is 20.3. The summed E-state index contributed by atoms with van der Waals surface area (Å²) in [6.45, 7) is 5.97. The van der Waals surface area contributed by atoms with Gasteiger partial charge in [0.05, 0.1) is 65.3 Å². The summed E-state index contributed by atoms with van der Waals surface area (Å²) >= 11 is 0. The molecule has 0 bridgehead atoms. The van der Waals surface area contributed by atoms with Gasteiger partial charge in [0.2, 0.25) is 0 Å². The SMILES string of the molecule is CCCCCN1C=Nc2cccc3nc4c(c1c23)Cn1c-4cc2c(c1=O)COC(O)[C@@]2(CC)OC(=O)CN(C)CCN. The smallest absolute Gasteiger partial charge is 0.321 e. The molecule has 0 saturated carbocycles. The number of pyridine rings is 2. The molecule has 2 aromatic heterocycles. The largest absolute Gasteiger partial charge is 0.448 e. The third-order valence-corrected chi connectivity index (χ3v) is 8.62. The maximum atomic E-state index is 14.1. The van der Waals surface area contributed by atoms with Crippen molar-refractivity contribution in [3.63, 3.8) is 0 Å². The zero-order valence-electron chi connectivity index (χ0n) is 24.4. The number of nitrogens with zero attached hydrogens (tertiary/aromatic N) is 5. The lowest BCUT2D eigenvalue weighted by Crippen LogP contribution is -2.51. The Morgan fingerprint density at radius 1 is 1.29 bits per heavy atom. The molecule has 5 heterocycles. The summed E-state index contributed by atoms with van der Waals surface area (Å²) in [5.74, 6) is -0.535. The fourth-order valence-corrected chi connectivity index (χ4v) is 6.44. The quantitative estimate of drug-likeness (QED) is 0.216. The summed E-state index contributed by atoms with van der Waals surface area (Å²) < 4.78 is 13.4. The highest BCUT2D eigenvalue weighted by Crippen LogP contribution is 2.47. The number of ether oxygens (including phenoxy) is 2. The van der Waals surface area contributed by atoms with E-state index in [0.29, 0.717) is 42.1 Å². The number of aromatic nitrogens is 2. The fraction of sp³-hybridized carbons (Fsp3) is 0.484. The maximum Gasteiger partial charge on any atom is 0.321 e. The van der Waals surface area contributed by atoms with Crippen LogP contribution in [0.3, 0.4) is 0 Å². The van der Waals surface area contributed by atoms with Gasteiger partial charge in [-0.15, -0.1) is 0 Å². The molecule has 3 aliphatic heterocycles. The van der Waals surface area contributed by atoms with Crippen LogP contribution in [-0.2, 0) is 33.0 Å². The van der Waals surface area contributed by atoms with Gasteiger partial charge in [-0.2, -0.15) is 0 Å². The Kier molecular flexibility index (Phi) is 7.61. The van der Waals surface area contributed by atoms with Gasteiger partial charge < -0.3 is 29.8 Å². The molecule has 1 unspecified atom stereocenters. The second-order valence-corrected chi connectivity index (χ2v) is 11.3. The maximum absolute atomic E-state index is 14.1. The van der Waals surface area contributed by atoms with Gasteiger partial charge in [0.1, 0.15) is 0 Å². The van der Waals surface area contributed by atoms with Crippen LogP contribution < -0.4 is 16.2 Å². The first kappa shape index (κ1) is 28.5. The summed E-state index contributed by atoms with van der Waals surface area (Å²) in [5, 5.41) is 12.1. The number of carbonyl (C=O) groups excluding carboxylic acids is 1. The molecule has 11 heteroatoms. The number of fused-ring (bicyclic) bond motifs is 5. The topological polar surface area (TPSA) is 136 Å². The van der Waals surface area contributed by atoms with Gasteiger partial charge in [0.25, 0.3) is 5.56 Å². The van der Waals surface area contributed by atoms with Gasteiger partial charge in [-0.25, -0.2) is 9.98 Å². The lowest BCUT2D eigenvalue weighted by Gasteiger charge is -2.41. The highest BCUT2D eigenvalue weighted by Gasteiger charge is 2.49. The van der Waals surface area contributed by atoms with E-state index < -0.39 is 17.9 Å². The van der Waals surface area contributed by atoms with Crippen molar-refractivity contribution in [2.45, 2.75) is 64.6 Å². The van der Waals surface area contributed by atoms with Crippen molar-refractivity contribution in [1.82, 2.24) is 14.5 Å². The second-order valence-electron chi connectivity index (χ2n) is 11.3. The third-order valence-electron chi connectivity index (χ3n) is 8.62. The number of aliphatic imine (C=N–C) groups is 1. The van der Waals surface area contributed by atoms with Crippen molar-refractivity contribution in [3.8, 4) is 11.4 Å². The van der Waals surface area contributed by atoms with Crippen LogP contribution in [0.15, 0.2) is 34.1 Å². The molecule has 0 radical (unpaired) electrons. The first-order valence-corrected chi connectivity index (χ1v) is 14.8. The molecule has 0 fully saturated rings. The summed E-state index contributed by atoms with van der Waals surface area (Å²) in [6.07, 6.45) is 3.91. The molecule has 11 nitrogen and oxygen atoms in total. The monoisotopic (exact) mass is 574 g/mol. The molecule has 222 valence electrons. The number of rotatable bonds is 10. The van der Waals surface area contributed by atoms with Crippen molar-refractivity contribution >= 4 is 34.6 Å². The minimum absolute atomic E-state index is 0.0115. The molecule has 3 N–H and O–H groups in total. The molecule has 0 saturated heterocycles. The van der Waals surface area contributed by atoms with E-state index in [9.17, 15) is 14.7 Å². The number of likely N-dealkylation sites (N-methyl/N-ethyl adjacent to an activating group) is 1. The zero-order chi connectivity index (χ0) is 29.6. The van der Waals surface area contributed by atoms with E-state index in [1.165, 1.54) is 0 Å². The van der Waals surface area contributed by atoms with E-state index in [1.807, 2.05) is 37.5 Å². The van der Waals surface area contributed by atoms with Crippen molar-refractivity contribution in [2.24, 2.45) is 10.7 Å².